The van der Waals surface area contributed by atoms with E-state index in [1.54, 1.807) is 25.1 Å². The Balaban J connectivity index is 2.85. The SMILES string of the molecule is CC(CS(=O)c1ccc(Br)cc1N)C(N)=O. The van der Waals surface area contributed by atoms with Crippen LogP contribution < -0.4 is 11.5 Å². The maximum atomic E-state index is 11.9. The highest BCUT2D eigenvalue weighted by molar-refractivity contribution is 9.10. The van der Waals surface area contributed by atoms with Gasteiger partial charge in [-0.2, -0.15) is 0 Å². The van der Waals surface area contributed by atoms with E-state index in [0.717, 1.165) is 4.47 Å². The molecule has 0 saturated carbocycles. The number of rotatable bonds is 4. The van der Waals surface area contributed by atoms with Gasteiger partial charge in [-0.25, -0.2) is 0 Å². The van der Waals surface area contributed by atoms with Gasteiger partial charge in [0, 0.05) is 21.8 Å². The number of nitrogen functional groups attached to an aromatic ring is 1. The van der Waals surface area contributed by atoms with Crippen LogP contribution in [0.2, 0.25) is 0 Å². The van der Waals surface area contributed by atoms with Crippen LogP contribution in [0.3, 0.4) is 0 Å². The lowest BCUT2D eigenvalue weighted by Gasteiger charge is -2.09. The highest BCUT2D eigenvalue weighted by atomic mass is 79.9. The van der Waals surface area contributed by atoms with Crippen LogP contribution >= 0.6 is 15.9 Å². The molecule has 0 radical (unpaired) electrons. The summed E-state index contributed by atoms with van der Waals surface area (Å²) in [4.78, 5) is 11.4. The molecule has 0 aliphatic rings. The standard InChI is InChI=1S/C10H13BrN2O2S/c1-6(10(13)14)5-16(15)9-3-2-7(11)4-8(9)12/h2-4,6H,5,12H2,1H3,(H2,13,14). The molecule has 0 fully saturated rings. The number of hydrogen-bond donors (Lipinski definition) is 2. The van der Waals surface area contributed by atoms with Crippen LogP contribution in [0.25, 0.3) is 0 Å². The van der Waals surface area contributed by atoms with Crippen LogP contribution in [0.4, 0.5) is 5.69 Å². The van der Waals surface area contributed by atoms with E-state index in [1.165, 1.54) is 0 Å². The molecule has 2 atom stereocenters. The number of benzene rings is 1. The summed E-state index contributed by atoms with van der Waals surface area (Å²) < 4.78 is 12.7. The minimum atomic E-state index is -1.30. The van der Waals surface area contributed by atoms with Crippen molar-refractivity contribution in [2.75, 3.05) is 11.5 Å². The summed E-state index contributed by atoms with van der Waals surface area (Å²) in [6.07, 6.45) is 0. The van der Waals surface area contributed by atoms with Crippen LogP contribution in [-0.2, 0) is 15.6 Å². The van der Waals surface area contributed by atoms with Gasteiger partial charge in [0.05, 0.1) is 15.7 Å². The minimum Gasteiger partial charge on any atom is -0.398 e. The Bertz CT molecular complexity index is 437. The summed E-state index contributed by atoms with van der Waals surface area (Å²) in [5.41, 5.74) is 11.3. The van der Waals surface area contributed by atoms with Crippen LogP contribution in [-0.4, -0.2) is 15.9 Å². The van der Waals surface area contributed by atoms with Crippen LogP contribution in [0, 0.1) is 5.92 Å². The summed E-state index contributed by atoms with van der Waals surface area (Å²) in [7, 11) is -1.30. The summed E-state index contributed by atoms with van der Waals surface area (Å²) in [5.74, 6) is -0.686. The van der Waals surface area contributed by atoms with Gasteiger partial charge in [0.2, 0.25) is 5.91 Å². The molecule has 2 unspecified atom stereocenters. The van der Waals surface area contributed by atoms with Crippen molar-refractivity contribution >= 4 is 38.3 Å². The second kappa shape index (κ2) is 5.45. The lowest BCUT2D eigenvalue weighted by atomic mass is 10.2. The number of carbonyl (C=O) groups is 1. The van der Waals surface area contributed by atoms with Gasteiger partial charge in [-0.15, -0.1) is 0 Å². The molecule has 0 saturated heterocycles. The third-order valence-electron chi connectivity index (χ3n) is 2.10. The van der Waals surface area contributed by atoms with Gasteiger partial charge in [-0.05, 0) is 18.2 Å². The van der Waals surface area contributed by atoms with E-state index >= 15 is 0 Å². The lowest BCUT2D eigenvalue weighted by Crippen LogP contribution is -2.25. The van der Waals surface area contributed by atoms with Gasteiger partial charge in [0.15, 0.2) is 0 Å². The second-order valence-corrected chi connectivity index (χ2v) is 5.88. The minimum absolute atomic E-state index is 0.196. The number of hydrogen-bond acceptors (Lipinski definition) is 3. The average molecular weight is 305 g/mol. The van der Waals surface area contributed by atoms with E-state index in [1.807, 2.05) is 0 Å². The van der Waals surface area contributed by atoms with Crippen LogP contribution in [0.1, 0.15) is 6.92 Å². The Kier molecular flexibility index (Phi) is 4.49. The fourth-order valence-electron chi connectivity index (χ4n) is 1.13. The normalized spacial score (nSPS) is 14.4. The van der Waals surface area contributed by atoms with Gasteiger partial charge in [-0.1, -0.05) is 22.9 Å². The number of halogens is 1. The zero-order valence-electron chi connectivity index (χ0n) is 8.77. The monoisotopic (exact) mass is 304 g/mol. The topological polar surface area (TPSA) is 86.2 Å². The predicted molar refractivity (Wildman–Crippen MR) is 68.2 cm³/mol. The fraction of sp³-hybridized carbons (Fsp3) is 0.300. The maximum Gasteiger partial charge on any atom is 0.221 e. The molecule has 1 aromatic rings. The average Bonchev–Trinajstić information content (AvgIpc) is 2.16. The molecule has 4 N–H and O–H groups in total. The molecule has 0 spiro atoms. The smallest absolute Gasteiger partial charge is 0.221 e. The van der Waals surface area contributed by atoms with Crippen molar-refractivity contribution in [3.8, 4) is 0 Å². The molecular formula is C10H13BrN2O2S. The first-order valence-corrected chi connectivity index (χ1v) is 6.75. The number of primary amides is 1. The van der Waals surface area contributed by atoms with E-state index in [0.29, 0.717) is 10.6 Å². The third-order valence-corrected chi connectivity index (χ3v) is 4.26. The van der Waals surface area contributed by atoms with Gasteiger partial charge in [0.1, 0.15) is 0 Å². The summed E-state index contributed by atoms with van der Waals surface area (Å²) >= 11 is 3.27. The molecule has 0 heterocycles. The zero-order valence-corrected chi connectivity index (χ0v) is 11.2. The van der Waals surface area contributed by atoms with Crippen molar-refractivity contribution in [1.29, 1.82) is 0 Å². The zero-order chi connectivity index (χ0) is 12.3. The van der Waals surface area contributed by atoms with Crippen molar-refractivity contribution in [3.63, 3.8) is 0 Å². The summed E-state index contributed by atoms with van der Waals surface area (Å²) in [6, 6.07) is 5.13. The van der Waals surface area contributed by atoms with E-state index in [-0.39, 0.29) is 5.75 Å². The van der Waals surface area contributed by atoms with Crippen molar-refractivity contribution in [2.24, 2.45) is 11.7 Å². The van der Waals surface area contributed by atoms with Gasteiger partial charge in [-0.3, -0.25) is 9.00 Å². The molecule has 1 rings (SSSR count). The maximum absolute atomic E-state index is 11.9. The Labute approximate surface area is 105 Å². The Morgan fingerprint density at radius 1 is 1.56 bits per heavy atom. The summed E-state index contributed by atoms with van der Waals surface area (Å²) in [6.45, 7) is 1.65. The lowest BCUT2D eigenvalue weighted by molar-refractivity contribution is -0.120. The molecule has 0 aromatic heterocycles. The highest BCUT2D eigenvalue weighted by Crippen LogP contribution is 2.22. The van der Waals surface area contributed by atoms with Crippen LogP contribution in [0.15, 0.2) is 27.6 Å². The highest BCUT2D eigenvalue weighted by Gasteiger charge is 2.16. The molecule has 16 heavy (non-hydrogen) atoms. The van der Waals surface area contributed by atoms with E-state index in [9.17, 15) is 9.00 Å². The summed E-state index contributed by atoms with van der Waals surface area (Å²) in [5, 5.41) is 0. The quantitative estimate of drug-likeness (QED) is 0.821. The van der Waals surface area contributed by atoms with Crippen molar-refractivity contribution in [2.45, 2.75) is 11.8 Å². The first-order valence-electron chi connectivity index (χ1n) is 4.64. The third kappa shape index (κ3) is 3.31. The predicted octanol–water partition coefficient (Wildman–Crippen LogP) is 1.26. The van der Waals surface area contributed by atoms with Crippen LogP contribution in [0.5, 0.6) is 0 Å². The van der Waals surface area contributed by atoms with Crippen molar-refractivity contribution in [3.05, 3.63) is 22.7 Å². The Morgan fingerprint density at radius 2 is 2.19 bits per heavy atom. The number of nitrogens with two attached hydrogens (primary N) is 2. The number of carbonyl (C=O) groups excluding carboxylic acids is 1. The van der Waals surface area contributed by atoms with E-state index in [4.69, 9.17) is 11.5 Å². The largest absolute Gasteiger partial charge is 0.398 e. The van der Waals surface area contributed by atoms with Gasteiger partial charge in [0.25, 0.3) is 0 Å². The molecular weight excluding hydrogens is 292 g/mol. The van der Waals surface area contributed by atoms with Crippen molar-refractivity contribution in [1.82, 2.24) is 0 Å². The van der Waals surface area contributed by atoms with Gasteiger partial charge >= 0.3 is 0 Å². The molecule has 0 aliphatic heterocycles. The first kappa shape index (κ1) is 13.2. The van der Waals surface area contributed by atoms with Crippen molar-refractivity contribution < 1.29 is 9.00 Å². The second-order valence-electron chi connectivity index (χ2n) is 3.50. The van der Waals surface area contributed by atoms with Gasteiger partial charge < -0.3 is 11.5 Å². The van der Waals surface area contributed by atoms with E-state index < -0.39 is 22.6 Å². The molecule has 0 bridgehead atoms. The Morgan fingerprint density at radius 3 is 2.69 bits per heavy atom. The first-order chi connectivity index (χ1) is 7.41. The molecule has 6 heteroatoms. The molecule has 0 aliphatic carbocycles. The fourth-order valence-corrected chi connectivity index (χ4v) is 2.84. The molecule has 4 nitrogen and oxygen atoms in total. The molecule has 1 aromatic carbocycles. The molecule has 88 valence electrons. The van der Waals surface area contributed by atoms with E-state index in [2.05, 4.69) is 15.9 Å². The molecule has 1 amide bonds. The Hall–Kier alpha value is -0.880. The number of amides is 1. The number of anilines is 1.